The first-order valence-electron chi connectivity index (χ1n) is 5.71. The highest BCUT2D eigenvalue weighted by Gasteiger charge is 2.11. The Kier molecular flexibility index (Phi) is 2.99. The number of fused-ring (bicyclic) bond motifs is 1. The van der Waals surface area contributed by atoms with Crippen LogP contribution >= 0.6 is 11.6 Å². The average Bonchev–Trinajstić information content (AvgIpc) is 2.42. The largest absolute Gasteiger partial charge is 0.396 e. The number of benzene rings is 1. The third-order valence-electron chi connectivity index (χ3n) is 2.93. The van der Waals surface area contributed by atoms with Crippen LogP contribution in [0.15, 0.2) is 36.7 Å². The molecule has 3 aromatic rings. The molecule has 3 nitrogen and oxygen atoms in total. The monoisotopic (exact) mass is 291 g/mol. The van der Waals surface area contributed by atoms with Crippen molar-refractivity contribution in [2.75, 3.05) is 5.73 Å². The van der Waals surface area contributed by atoms with E-state index in [0.717, 1.165) is 6.07 Å². The van der Waals surface area contributed by atoms with E-state index in [2.05, 4.69) is 9.97 Å². The van der Waals surface area contributed by atoms with Gasteiger partial charge in [0.1, 0.15) is 16.8 Å². The fraction of sp³-hybridized carbons (Fsp3) is 0. The van der Waals surface area contributed by atoms with E-state index < -0.39 is 11.6 Å². The van der Waals surface area contributed by atoms with Gasteiger partial charge in [0.25, 0.3) is 0 Å². The first kappa shape index (κ1) is 12.7. The molecule has 0 spiro atoms. The van der Waals surface area contributed by atoms with Gasteiger partial charge in [-0.1, -0.05) is 11.6 Å². The molecule has 0 aliphatic carbocycles. The van der Waals surface area contributed by atoms with Crippen molar-refractivity contribution in [1.29, 1.82) is 0 Å². The Balaban J connectivity index is 2.20. The number of hydrogen-bond donors (Lipinski definition) is 1. The molecular formula is C14H8ClF2N3. The van der Waals surface area contributed by atoms with E-state index in [1.807, 2.05) is 0 Å². The molecule has 100 valence electrons. The van der Waals surface area contributed by atoms with E-state index >= 15 is 0 Å². The van der Waals surface area contributed by atoms with Crippen molar-refractivity contribution in [2.45, 2.75) is 0 Å². The summed E-state index contributed by atoms with van der Waals surface area (Å²) in [7, 11) is 0. The Morgan fingerprint density at radius 1 is 0.950 bits per heavy atom. The van der Waals surface area contributed by atoms with E-state index in [1.165, 1.54) is 12.3 Å². The molecule has 0 amide bonds. The number of nitrogens with two attached hydrogens (primary N) is 1. The molecule has 0 unspecified atom stereocenters. The van der Waals surface area contributed by atoms with Crippen LogP contribution in [-0.2, 0) is 0 Å². The zero-order valence-electron chi connectivity index (χ0n) is 10.1. The smallest absolute Gasteiger partial charge is 0.149 e. The molecule has 3 rings (SSSR count). The standard InChI is InChI=1S/C14H8ClF2N3/c15-14-4-13-8(6-20-14)1-7(5-19-13)9-2-12(18)11(17)3-10(9)16/h1-6H,18H2. The molecule has 1 aromatic carbocycles. The molecule has 6 heteroatoms. The summed E-state index contributed by atoms with van der Waals surface area (Å²) in [6.07, 6.45) is 3.02. The molecule has 0 saturated carbocycles. The van der Waals surface area contributed by atoms with Crippen LogP contribution in [0.5, 0.6) is 0 Å². The summed E-state index contributed by atoms with van der Waals surface area (Å²) in [5.41, 5.74) is 6.67. The van der Waals surface area contributed by atoms with Crippen molar-refractivity contribution < 1.29 is 8.78 Å². The van der Waals surface area contributed by atoms with E-state index in [9.17, 15) is 8.78 Å². The minimum absolute atomic E-state index is 0.115. The molecule has 20 heavy (non-hydrogen) atoms. The number of pyridine rings is 2. The van der Waals surface area contributed by atoms with Crippen molar-refractivity contribution in [3.8, 4) is 11.1 Å². The summed E-state index contributed by atoms with van der Waals surface area (Å²) in [6.45, 7) is 0. The second kappa shape index (κ2) is 4.68. The molecule has 0 radical (unpaired) electrons. The van der Waals surface area contributed by atoms with Gasteiger partial charge in [-0.3, -0.25) is 4.98 Å². The van der Waals surface area contributed by atoms with Gasteiger partial charge in [0.2, 0.25) is 0 Å². The van der Waals surface area contributed by atoms with Crippen LogP contribution in [0.3, 0.4) is 0 Å². The number of anilines is 1. The number of nitrogen functional groups attached to an aromatic ring is 1. The predicted octanol–water partition coefficient (Wildman–Crippen LogP) is 3.81. The molecule has 0 fully saturated rings. The number of rotatable bonds is 1. The quantitative estimate of drug-likeness (QED) is 0.548. The molecule has 0 aliphatic rings. The van der Waals surface area contributed by atoms with Gasteiger partial charge in [-0.25, -0.2) is 13.8 Å². The summed E-state index contributed by atoms with van der Waals surface area (Å²) in [5.74, 6) is -1.48. The lowest BCUT2D eigenvalue weighted by molar-refractivity contribution is 0.588. The first-order chi connectivity index (χ1) is 9.54. The topological polar surface area (TPSA) is 51.8 Å². The van der Waals surface area contributed by atoms with E-state index in [-0.39, 0.29) is 11.3 Å². The molecule has 0 atom stereocenters. The fourth-order valence-electron chi connectivity index (χ4n) is 1.93. The van der Waals surface area contributed by atoms with Gasteiger partial charge in [0.15, 0.2) is 0 Å². The first-order valence-corrected chi connectivity index (χ1v) is 6.08. The molecule has 2 heterocycles. The number of aromatic nitrogens is 2. The predicted molar refractivity (Wildman–Crippen MR) is 74.3 cm³/mol. The molecule has 0 aliphatic heterocycles. The van der Waals surface area contributed by atoms with Gasteiger partial charge in [-0.05, 0) is 12.1 Å². The molecule has 0 bridgehead atoms. The third-order valence-corrected chi connectivity index (χ3v) is 3.14. The van der Waals surface area contributed by atoms with E-state index in [0.29, 0.717) is 21.6 Å². The average molecular weight is 292 g/mol. The molecule has 2 N–H and O–H groups in total. The highest BCUT2D eigenvalue weighted by atomic mass is 35.5. The maximum Gasteiger partial charge on any atom is 0.149 e. The van der Waals surface area contributed by atoms with Crippen LogP contribution in [0.2, 0.25) is 5.15 Å². The van der Waals surface area contributed by atoms with Crippen LogP contribution in [0.25, 0.3) is 22.0 Å². The zero-order chi connectivity index (χ0) is 14.3. The fourth-order valence-corrected chi connectivity index (χ4v) is 2.08. The van der Waals surface area contributed by atoms with Crippen LogP contribution in [0, 0.1) is 11.6 Å². The summed E-state index contributed by atoms with van der Waals surface area (Å²) in [5, 5.41) is 1.03. The maximum absolute atomic E-state index is 13.8. The lowest BCUT2D eigenvalue weighted by Crippen LogP contribution is -1.95. The summed E-state index contributed by atoms with van der Waals surface area (Å²) < 4.78 is 27.0. The van der Waals surface area contributed by atoms with Crippen LogP contribution in [-0.4, -0.2) is 9.97 Å². The maximum atomic E-state index is 13.8. The summed E-state index contributed by atoms with van der Waals surface area (Å²) in [6, 6.07) is 5.31. The Labute approximate surface area is 118 Å². The number of halogens is 3. The lowest BCUT2D eigenvalue weighted by Gasteiger charge is -2.07. The van der Waals surface area contributed by atoms with Gasteiger partial charge in [-0.2, -0.15) is 0 Å². The lowest BCUT2D eigenvalue weighted by atomic mass is 10.0. The van der Waals surface area contributed by atoms with E-state index in [1.54, 1.807) is 18.3 Å². The van der Waals surface area contributed by atoms with E-state index in [4.69, 9.17) is 17.3 Å². The van der Waals surface area contributed by atoms with Gasteiger partial charge in [-0.15, -0.1) is 0 Å². The van der Waals surface area contributed by atoms with Gasteiger partial charge in [0, 0.05) is 41.0 Å². The van der Waals surface area contributed by atoms with Crippen LogP contribution in [0.1, 0.15) is 0 Å². The third kappa shape index (κ3) is 2.16. The van der Waals surface area contributed by atoms with Crippen molar-refractivity contribution >= 4 is 28.2 Å². The van der Waals surface area contributed by atoms with Crippen LogP contribution in [0.4, 0.5) is 14.5 Å². The Morgan fingerprint density at radius 3 is 2.55 bits per heavy atom. The van der Waals surface area contributed by atoms with Crippen molar-refractivity contribution in [1.82, 2.24) is 9.97 Å². The second-order valence-corrected chi connectivity index (χ2v) is 4.66. The van der Waals surface area contributed by atoms with Crippen molar-refractivity contribution in [3.05, 3.63) is 53.4 Å². The molecular weight excluding hydrogens is 284 g/mol. The second-order valence-electron chi connectivity index (χ2n) is 4.28. The van der Waals surface area contributed by atoms with Gasteiger partial charge in [0.05, 0.1) is 11.2 Å². The number of nitrogens with zero attached hydrogens (tertiary/aromatic N) is 2. The van der Waals surface area contributed by atoms with Gasteiger partial charge >= 0.3 is 0 Å². The normalized spacial score (nSPS) is 10.9. The molecule has 0 saturated heterocycles. The number of hydrogen-bond acceptors (Lipinski definition) is 3. The summed E-state index contributed by atoms with van der Waals surface area (Å²) in [4.78, 5) is 8.13. The van der Waals surface area contributed by atoms with Gasteiger partial charge < -0.3 is 5.73 Å². The van der Waals surface area contributed by atoms with Crippen LogP contribution < -0.4 is 5.73 Å². The van der Waals surface area contributed by atoms with Crippen molar-refractivity contribution in [2.24, 2.45) is 0 Å². The Morgan fingerprint density at radius 2 is 1.75 bits per heavy atom. The highest BCUT2D eigenvalue weighted by Crippen LogP contribution is 2.28. The zero-order valence-corrected chi connectivity index (χ0v) is 10.8. The van der Waals surface area contributed by atoms with Crippen molar-refractivity contribution in [3.63, 3.8) is 0 Å². The SMILES string of the molecule is Nc1cc(-c2cnc3cc(Cl)ncc3c2)c(F)cc1F. The molecule has 2 aromatic heterocycles. The Bertz CT molecular complexity index is 821. The minimum atomic E-state index is -0.784. The summed E-state index contributed by atoms with van der Waals surface area (Å²) >= 11 is 5.77. The highest BCUT2D eigenvalue weighted by molar-refractivity contribution is 6.30. The minimum Gasteiger partial charge on any atom is -0.396 e. The Hall–Kier alpha value is -2.27.